The minimum atomic E-state index is -4.56. The van der Waals surface area contributed by atoms with Crippen molar-refractivity contribution in [1.82, 2.24) is 9.88 Å². The van der Waals surface area contributed by atoms with Gasteiger partial charge in [-0.2, -0.15) is 13.2 Å². The molecule has 23 heavy (non-hydrogen) atoms. The number of hydrogen-bond acceptors (Lipinski definition) is 4. The second-order valence-electron chi connectivity index (χ2n) is 6.62. The third-order valence-electron chi connectivity index (χ3n) is 5.26. The number of rotatable bonds is 2. The van der Waals surface area contributed by atoms with Crippen molar-refractivity contribution in [1.29, 1.82) is 0 Å². The van der Waals surface area contributed by atoms with Gasteiger partial charge >= 0.3 is 6.18 Å². The second-order valence-corrected chi connectivity index (χ2v) is 6.62. The lowest BCUT2D eigenvalue weighted by Crippen LogP contribution is -2.55. The summed E-state index contributed by atoms with van der Waals surface area (Å²) >= 11 is 0. The van der Waals surface area contributed by atoms with Crippen molar-refractivity contribution >= 4 is 0 Å². The molecule has 7 heteroatoms. The second kappa shape index (κ2) is 5.63. The predicted molar refractivity (Wildman–Crippen MR) is 78.1 cm³/mol. The smallest absolute Gasteiger partial charge is 0.421 e. The predicted octanol–water partition coefficient (Wildman–Crippen LogP) is 2.94. The zero-order valence-corrected chi connectivity index (χ0v) is 13.2. The highest BCUT2D eigenvalue weighted by Gasteiger charge is 2.46. The van der Waals surface area contributed by atoms with Gasteiger partial charge in [0, 0.05) is 23.8 Å². The van der Waals surface area contributed by atoms with Gasteiger partial charge in [-0.1, -0.05) is 6.42 Å². The van der Waals surface area contributed by atoms with E-state index >= 15 is 0 Å². The Labute approximate surface area is 133 Å². The van der Waals surface area contributed by atoms with Gasteiger partial charge < -0.3 is 14.7 Å². The summed E-state index contributed by atoms with van der Waals surface area (Å²) < 4.78 is 44.3. The molecular weight excluding hydrogens is 309 g/mol. The number of aromatic nitrogens is 1. The molecule has 4 nitrogen and oxygen atoms in total. The van der Waals surface area contributed by atoms with Crippen LogP contribution < -0.4 is 4.74 Å². The number of halogens is 3. The Balaban J connectivity index is 1.98. The van der Waals surface area contributed by atoms with Crippen LogP contribution in [0.4, 0.5) is 13.2 Å². The van der Waals surface area contributed by atoms with Gasteiger partial charge in [0.25, 0.3) is 0 Å². The van der Waals surface area contributed by atoms with Crippen molar-refractivity contribution < 1.29 is 23.0 Å². The van der Waals surface area contributed by atoms with Crippen LogP contribution in [0.1, 0.15) is 43.2 Å². The average Bonchev–Trinajstić information content (AvgIpc) is 2.47. The maximum Gasteiger partial charge on any atom is 0.421 e. The number of fused-ring (bicyclic) bond motifs is 2. The van der Waals surface area contributed by atoms with Crippen LogP contribution >= 0.6 is 0 Å². The van der Waals surface area contributed by atoms with E-state index in [0.717, 1.165) is 32.4 Å². The van der Waals surface area contributed by atoms with Gasteiger partial charge in [0.2, 0.25) is 5.88 Å². The monoisotopic (exact) mass is 330 g/mol. The third kappa shape index (κ3) is 2.92. The lowest BCUT2D eigenvalue weighted by Gasteiger charge is -2.50. The summed E-state index contributed by atoms with van der Waals surface area (Å²) in [5.74, 6) is -0.460. The molecule has 2 saturated heterocycles. The maximum atomic E-state index is 13.2. The van der Waals surface area contributed by atoms with Gasteiger partial charge in [0.05, 0.1) is 12.7 Å². The molecule has 2 aliphatic rings. The molecule has 0 aromatic carbocycles. The summed E-state index contributed by atoms with van der Waals surface area (Å²) in [7, 11) is 3.19. The molecule has 1 N–H and O–H groups in total. The van der Waals surface area contributed by atoms with E-state index in [4.69, 9.17) is 4.74 Å². The zero-order valence-electron chi connectivity index (χ0n) is 13.2. The van der Waals surface area contributed by atoms with E-state index in [-0.39, 0.29) is 17.6 Å². The number of methoxy groups -OCH3 is 1. The lowest BCUT2D eigenvalue weighted by atomic mass is 9.73. The molecular formula is C16H21F3N2O2. The number of hydrogen-bond donors (Lipinski definition) is 1. The molecule has 0 amide bonds. The molecule has 0 spiro atoms. The number of aliphatic hydroxyl groups is 1. The maximum absolute atomic E-state index is 13.2. The summed E-state index contributed by atoms with van der Waals surface area (Å²) in [6.45, 7) is 0. The van der Waals surface area contributed by atoms with Crippen molar-refractivity contribution in [2.24, 2.45) is 0 Å². The van der Waals surface area contributed by atoms with Crippen LogP contribution in [0.5, 0.6) is 5.88 Å². The van der Waals surface area contributed by atoms with Crippen molar-refractivity contribution in [3.05, 3.63) is 23.4 Å². The summed E-state index contributed by atoms with van der Waals surface area (Å²) in [6.07, 6.45) is 0.651. The lowest BCUT2D eigenvalue weighted by molar-refractivity contribution is -0.139. The molecule has 0 aliphatic carbocycles. The van der Waals surface area contributed by atoms with Gasteiger partial charge in [-0.3, -0.25) is 0 Å². The Morgan fingerprint density at radius 3 is 2.43 bits per heavy atom. The molecule has 2 fully saturated rings. The Kier molecular flexibility index (Phi) is 4.04. The van der Waals surface area contributed by atoms with Gasteiger partial charge in [-0.15, -0.1) is 0 Å². The SMILES string of the molecule is COc1ncc(C2(O)CC3CCCC(C2)N3C)cc1C(F)(F)F. The topological polar surface area (TPSA) is 45.6 Å². The van der Waals surface area contributed by atoms with Crippen molar-refractivity contribution in [2.45, 2.75) is 56.0 Å². The Bertz CT molecular complexity index is 577. The summed E-state index contributed by atoms with van der Waals surface area (Å²) in [5.41, 5.74) is -1.97. The van der Waals surface area contributed by atoms with Crippen LogP contribution in [0.3, 0.4) is 0 Å². The number of piperidine rings is 2. The first-order valence-electron chi connectivity index (χ1n) is 7.80. The Morgan fingerprint density at radius 1 is 1.30 bits per heavy atom. The minimum Gasteiger partial charge on any atom is -0.481 e. The molecule has 0 radical (unpaired) electrons. The highest BCUT2D eigenvalue weighted by molar-refractivity contribution is 5.35. The van der Waals surface area contributed by atoms with Gasteiger partial charge in [-0.25, -0.2) is 4.98 Å². The molecule has 2 aliphatic heterocycles. The van der Waals surface area contributed by atoms with E-state index in [1.54, 1.807) is 0 Å². The van der Waals surface area contributed by atoms with Gasteiger partial charge in [0.1, 0.15) is 5.56 Å². The van der Waals surface area contributed by atoms with Crippen LogP contribution in [0.25, 0.3) is 0 Å². The molecule has 2 atom stereocenters. The average molecular weight is 330 g/mol. The zero-order chi connectivity index (χ0) is 16.8. The quantitative estimate of drug-likeness (QED) is 0.906. The molecule has 2 unspecified atom stereocenters. The van der Waals surface area contributed by atoms with Crippen molar-refractivity contribution in [3.8, 4) is 5.88 Å². The van der Waals surface area contributed by atoms with Crippen LogP contribution in [0.2, 0.25) is 0 Å². The van der Waals surface area contributed by atoms with Crippen LogP contribution in [-0.4, -0.2) is 41.2 Å². The molecule has 2 bridgehead atoms. The first-order chi connectivity index (χ1) is 10.7. The molecule has 1 aromatic heterocycles. The van der Waals surface area contributed by atoms with Crippen LogP contribution in [0, 0.1) is 0 Å². The summed E-state index contributed by atoms with van der Waals surface area (Å²) in [6, 6.07) is 1.39. The van der Waals surface area contributed by atoms with E-state index < -0.39 is 23.2 Å². The molecule has 3 heterocycles. The Hall–Kier alpha value is -1.34. The fraction of sp³-hybridized carbons (Fsp3) is 0.688. The fourth-order valence-corrected chi connectivity index (χ4v) is 3.96. The van der Waals surface area contributed by atoms with E-state index in [1.807, 2.05) is 7.05 Å². The largest absolute Gasteiger partial charge is 0.481 e. The fourth-order valence-electron chi connectivity index (χ4n) is 3.96. The van der Waals surface area contributed by atoms with E-state index in [1.165, 1.54) is 6.20 Å². The summed E-state index contributed by atoms with van der Waals surface area (Å²) in [4.78, 5) is 6.03. The van der Waals surface area contributed by atoms with E-state index in [2.05, 4.69) is 9.88 Å². The standard InChI is InChI=1S/C16H21F3N2O2/c1-21-11-4-3-5-12(21)8-15(22,7-11)10-6-13(16(17,18)19)14(23-2)20-9-10/h6,9,11-12,22H,3-5,7-8H2,1-2H3. The number of pyridine rings is 1. The summed E-state index contributed by atoms with van der Waals surface area (Å²) in [5, 5.41) is 11.0. The number of ether oxygens (including phenoxy) is 1. The van der Waals surface area contributed by atoms with Crippen LogP contribution in [0.15, 0.2) is 12.3 Å². The number of nitrogens with zero attached hydrogens (tertiary/aromatic N) is 2. The molecule has 128 valence electrons. The highest BCUT2D eigenvalue weighted by atomic mass is 19.4. The highest BCUT2D eigenvalue weighted by Crippen LogP contribution is 2.45. The number of alkyl halides is 3. The first kappa shape index (κ1) is 16.5. The van der Waals surface area contributed by atoms with Gasteiger partial charge in [-0.05, 0) is 38.8 Å². The van der Waals surface area contributed by atoms with Gasteiger partial charge in [0.15, 0.2) is 0 Å². The van der Waals surface area contributed by atoms with Crippen LogP contribution in [-0.2, 0) is 11.8 Å². The van der Waals surface area contributed by atoms with E-state index in [0.29, 0.717) is 12.8 Å². The first-order valence-corrected chi connectivity index (χ1v) is 7.80. The third-order valence-corrected chi connectivity index (χ3v) is 5.26. The van der Waals surface area contributed by atoms with Crippen molar-refractivity contribution in [2.75, 3.05) is 14.2 Å². The minimum absolute atomic E-state index is 0.198. The normalized spacial score (nSPS) is 31.9. The molecule has 3 rings (SSSR count). The Morgan fingerprint density at radius 2 is 1.91 bits per heavy atom. The van der Waals surface area contributed by atoms with E-state index in [9.17, 15) is 18.3 Å². The molecule has 1 aromatic rings. The molecule has 0 saturated carbocycles. The van der Waals surface area contributed by atoms with Crippen molar-refractivity contribution in [3.63, 3.8) is 0 Å².